The lowest BCUT2D eigenvalue weighted by Gasteiger charge is -2.35. The molecule has 0 aliphatic carbocycles. The predicted molar refractivity (Wildman–Crippen MR) is 110 cm³/mol. The molecule has 1 heterocycles. The summed E-state index contributed by atoms with van der Waals surface area (Å²) >= 11 is 12.2. The van der Waals surface area contributed by atoms with E-state index in [1.165, 1.54) is 0 Å². The molecule has 2 amide bonds. The second kappa shape index (κ2) is 8.83. The van der Waals surface area contributed by atoms with Gasteiger partial charge >= 0.3 is 6.03 Å². The van der Waals surface area contributed by atoms with E-state index in [0.717, 1.165) is 36.5 Å². The van der Waals surface area contributed by atoms with Gasteiger partial charge in [0.15, 0.2) is 0 Å². The smallest absolute Gasteiger partial charge is 0.321 e. The molecular formula is C20H23Cl2N3O2. The van der Waals surface area contributed by atoms with Gasteiger partial charge in [0.05, 0.1) is 7.11 Å². The number of halogens is 2. The molecule has 1 N–H and O–H groups in total. The Bertz CT molecular complexity index is 821. The van der Waals surface area contributed by atoms with E-state index in [9.17, 15) is 4.79 Å². The number of anilines is 1. The average molecular weight is 408 g/mol. The lowest BCUT2D eigenvalue weighted by atomic mass is 10.1. The van der Waals surface area contributed by atoms with Crippen molar-refractivity contribution in [3.05, 3.63) is 57.6 Å². The van der Waals surface area contributed by atoms with Crippen LogP contribution in [0.2, 0.25) is 10.0 Å². The highest BCUT2D eigenvalue weighted by Gasteiger charge is 2.22. The number of carbonyl (C=O) groups excluding carboxylic acids is 1. The lowest BCUT2D eigenvalue weighted by Crippen LogP contribution is -2.49. The van der Waals surface area contributed by atoms with Crippen LogP contribution in [0.1, 0.15) is 11.1 Å². The van der Waals surface area contributed by atoms with Crippen molar-refractivity contribution in [2.24, 2.45) is 0 Å². The quantitative estimate of drug-likeness (QED) is 0.801. The number of aryl methyl sites for hydroxylation is 1. The third-order valence-corrected chi connectivity index (χ3v) is 5.36. The zero-order chi connectivity index (χ0) is 19.4. The normalized spacial score (nSPS) is 14.9. The molecule has 27 heavy (non-hydrogen) atoms. The summed E-state index contributed by atoms with van der Waals surface area (Å²) in [7, 11) is 1.66. The van der Waals surface area contributed by atoms with Crippen molar-refractivity contribution in [3.8, 4) is 5.75 Å². The molecule has 0 unspecified atom stereocenters. The highest BCUT2D eigenvalue weighted by molar-refractivity contribution is 6.31. The van der Waals surface area contributed by atoms with Crippen LogP contribution in [-0.2, 0) is 6.54 Å². The lowest BCUT2D eigenvalue weighted by molar-refractivity contribution is 0.142. The van der Waals surface area contributed by atoms with E-state index in [1.807, 2.05) is 42.2 Å². The molecule has 0 radical (unpaired) electrons. The van der Waals surface area contributed by atoms with Crippen molar-refractivity contribution in [1.82, 2.24) is 9.80 Å². The number of nitrogens with one attached hydrogen (secondary N) is 1. The van der Waals surface area contributed by atoms with Crippen molar-refractivity contribution in [3.63, 3.8) is 0 Å². The van der Waals surface area contributed by atoms with Crippen molar-refractivity contribution < 1.29 is 9.53 Å². The molecule has 0 atom stereocenters. The zero-order valence-corrected chi connectivity index (χ0v) is 17.0. The maximum atomic E-state index is 12.5. The van der Waals surface area contributed by atoms with Gasteiger partial charge < -0.3 is 15.0 Å². The Hall–Kier alpha value is -1.95. The van der Waals surface area contributed by atoms with Gasteiger partial charge in [0, 0.05) is 54.0 Å². The Kier molecular flexibility index (Phi) is 6.47. The minimum Gasteiger partial charge on any atom is -0.496 e. The van der Waals surface area contributed by atoms with Crippen LogP contribution in [-0.4, -0.2) is 49.1 Å². The maximum Gasteiger partial charge on any atom is 0.321 e. The molecule has 2 aromatic carbocycles. The summed E-state index contributed by atoms with van der Waals surface area (Å²) < 4.78 is 5.41. The SMILES string of the molecule is COc1ccc(Cl)cc1CN1CCN(C(=O)Nc2ccc(C)c(Cl)c2)CC1. The van der Waals surface area contributed by atoms with Gasteiger partial charge in [-0.15, -0.1) is 0 Å². The number of rotatable bonds is 4. The summed E-state index contributed by atoms with van der Waals surface area (Å²) in [4.78, 5) is 16.6. The molecule has 1 saturated heterocycles. The van der Waals surface area contributed by atoms with Crippen molar-refractivity contribution in [1.29, 1.82) is 0 Å². The number of urea groups is 1. The van der Waals surface area contributed by atoms with Gasteiger partial charge in [-0.2, -0.15) is 0 Å². The largest absolute Gasteiger partial charge is 0.496 e. The van der Waals surface area contributed by atoms with Crippen molar-refractivity contribution in [2.45, 2.75) is 13.5 Å². The molecule has 0 saturated carbocycles. The fourth-order valence-corrected chi connectivity index (χ4v) is 3.47. The molecule has 5 nitrogen and oxygen atoms in total. The zero-order valence-electron chi connectivity index (χ0n) is 15.5. The Morgan fingerprint density at radius 2 is 1.85 bits per heavy atom. The molecule has 144 valence electrons. The van der Waals surface area contributed by atoms with Crippen LogP contribution < -0.4 is 10.1 Å². The summed E-state index contributed by atoms with van der Waals surface area (Å²) in [5, 5.41) is 4.26. The summed E-state index contributed by atoms with van der Waals surface area (Å²) in [6, 6.07) is 11.1. The molecule has 1 aliphatic rings. The van der Waals surface area contributed by atoms with Crippen LogP contribution in [0.15, 0.2) is 36.4 Å². The first-order valence-corrected chi connectivity index (χ1v) is 9.58. The Balaban J connectivity index is 1.54. The molecule has 7 heteroatoms. The van der Waals surface area contributed by atoms with E-state index in [0.29, 0.717) is 28.8 Å². The van der Waals surface area contributed by atoms with Crippen LogP contribution in [0.25, 0.3) is 0 Å². The van der Waals surface area contributed by atoms with Gasteiger partial charge in [-0.1, -0.05) is 29.3 Å². The van der Waals surface area contributed by atoms with Crippen LogP contribution in [0.4, 0.5) is 10.5 Å². The van der Waals surface area contributed by atoms with E-state index in [1.54, 1.807) is 13.2 Å². The van der Waals surface area contributed by atoms with Gasteiger partial charge in [-0.25, -0.2) is 4.79 Å². The fraction of sp³-hybridized carbons (Fsp3) is 0.350. The fourth-order valence-electron chi connectivity index (χ4n) is 3.09. The van der Waals surface area contributed by atoms with Crippen LogP contribution >= 0.6 is 23.2 Å². The number of carbonyl (C=O) groups is 1. The summed E-state index contributed by atoms with van der Waals surface area (Å²) in [6.07, 6.45) is 0. The number of ether oxygens (including phenoxy) is 1. The molecule has 0 spiro atoms. The van der Waals surface area contributed by atoms with Gasteiger partial charge in [0.25, 0.3) is 0 Å². The molecule has 1 aliphatic heterocycles. The molecule has 2 aromatic rings. The number of amides is 2. The third kappa shape index (κ3) is 5.06. The standard InChI is InChI=1S/C20H23Cl2N3O2/c1-14-3-5-17(12-18(14)22)23-20(26)25-9-7-24(8-10-25)13-15-11-16(21)4-6-19(15)27-2/h3-6,11-12H,7-10,13H2,1-2H3,(H,23,26). The van der Waals surface area contributed by atoms with E-state index < -0.39 is 0 Å². The molecular weight excluding hydrogens is 385 g/mol. The van der Waals surface area contributed by atoms with Gasteiger partial charge in [-0.3, -0.25) is 4.90 Å². The highest BCUT2D eigenvalue weighted by atomic mass is 35.5. The second-order valence-corrected chi connectivity index (χ2v) is 7.46. The van der Waals surface area contributed by atoms with E-state index >= 15 is 0 Å². The first kappa shape index (κ1) is 19.8. The van der Waals surface area contributed by atoms with Crippen LogP contribution in [0.3, 0.4) is 0 Å². The number of piperazine rings is 1. The number of nitrogens with zero attached hydrogens (tertiary/aromatic N) is 2. The molecule has 1 fully saturated rings. The Morgan fingerprint density at radius 1 is 1.11 bits per heavy atom. The highest BCUT2D eigenvalue weighted by Crippen LogP contribution is 2.25. The number of methoxy groups -OCH3 is 1. The number of hydrogen-bond donors (Lipinski definition) is 1. The minimum atomic E-state index is -0.102. The van der Waals surface area contributed by atoms with Gasteiger partial charge in [0.1, 0.15) is 5.75 Å². The predicted octanol–water partition coefficient (Wildman–Crippen LogP) is 4.66. The second-order valence-electron chi connectivity index (χ2n) is 6.61. The van der Waals surface area contributed by atoms with Crippen molar-refractivity contribution >= 4 is 34.9 Å². The monoisotopic (exact) mass is 407 g/mol. The topological polar surface area (TPSA) is 44.8 Å². The first-order chi connectivity index (χ1) is 13.0. The molecule has 0 aromatic heterocycles. The molecule has 0 bridgehead atoms. The van der Waals surface area contributed by atoms with E-state index in [2.05, 4.69) is 10.2 Å². The van der Waals surface area contributed by atoms with Gasteiger partial charge in [0.2, 0.25) is 0 Å². The summed E-state index contributed by atoms with van der Waals surface area (Å²) in [5.74, 6) is 0.829. The van der Waals surface area contributed by atoms with Crippen molar-refractivity contribution in [2.75, 3.05) is 38.6 Å². The number of benzene rings is 2. The Labute approximate surface area is 169 Å². The minimum absolute atomic E-state index is 0.102. The van der Waals surface area contributed by atoms with E-state index in [4.69, 9.17) is 27.9 Å². The van der Waals surface area contributed by atoms with Gasteiger partial charge in [-0.05, 0) is 42.8 Å². The van der Waals surface area contributed by atoms with E-state index in [-0.39, 0.29) is 6.03 Å². The first-order valence-electron chi connectivity index (χ1n) is 8.83. The van der Waals surface area contributed by atoms with Crippen LogP contribution in [0.5, 0.6) is 5.75 Å². The average Bonchev–Trinajstić information content (AvgIpc) is 2.65. The summed E-state index contributed by atoms with van der Waals surface area (Å²) in [6.45, 7) is 5.58. The summed E-state index contributed by atoms with van der Waals surface area (Å²) in [5.41, 5.74) is 2.75. The molecule has 3 rings (SSSR count). The maximum absolute atomic E-state index is 12.5. The van der Waals surface area contributed by atoms with Crippen LogP contribution in [0, 0.1) is 6.92 Å². The third-order valence-electron chi connectivity index (χ3n) is 4.72. The Morgan fingerprint density at radius 3 is 2.52 bits per heavy atom. The number of hydrogen-bond acceptors (Lipinski definition) is 3.